The smallest absolute Gasteiger partial charge is 0.252 e. The summed E-state index contributed by atoms with van der Waals surface area (Å²) in [6.07, 6.45) is 0.801. The van der Waals surface area contributed by atoms with Crippen LogP contribution in [-0.2, 0) is 6.42 Å². The fourth-order valence-corrected chi connectivity index (χ4v) is 2.38. The van der Waals surface area contributed by atoms with E-state index in [1.807, 2.05) is 48.5 Å². The summed E-state index contributed by atoms with van der Waals surface area (Å²) < 4.78 is 0.963. The number of carbonyl (C=O) groups excluding carboxylic acids is 1. The summed E-state index contributed by atoms with van der Waals surface area (Å²) in [6.45, 7) is 0.619. The highest BCUT2D eigenvalue weighted by atomic mass is 127. The topological polar surface area (TPSA) is 55.1 Å². The van der Waals surface area contributed by atoms with Crippen molar-refractivity contribution >= 4 is 34.2 Å². The molecule has 0 fully saturated rings. The van der Waals surface area contributed by atoms with Crippen LogP contribution in [-0.4, -0.2) is 12.5 Å². The van der Waals surface area contributed by atoms with E-state index in [0.29, 0.717) is 6.54 Å². The molecule has 98 valence electrons. The van der Waals surface area contributed by atoms with Gasteiger partial charge in [0.15, 0.2) is 0 Å². The minimum absolute atomic E-state index is 0.0274. The zero-order chi connectivity index (χ0) is 13.7. The predicted octanol–water partition coefficient (Wildman–Crippen LogP) is 2.85. The number of amides is 1. The predicted molar refractivity (Wildman–Crippen MR) is 86.1 cm³/mol. The maximum atomic E-state index is 12.0. The van der Waals surface area contributed by atoms with Gasteiger partial charge < -0.3 is 11.1 Å². The van der Waals surface area contributed by atoms with Gasteiger partial charge in [0.1, 0.15) is 0 Å². The summed E-state index contributed by atoms with van der Waals surface area (Å²) >= 11 is 2.17. The molecule has 2 rings (SSSR count). The molecule has 2 aromatic carbocycles. The van der Waals surface area contributed by atoms with E-state index in [4.69, 9.17) is 5.73 Å². The molecule has 0 saturated carbocycles. The molecule has 0 unspecified atom stereocenters. The monoisotopic (exact) mass is 366 g/mol. The van der Waals surface area contributed by atoms with Crippen molar-refractivity contribution in [3.05, 3.63) is 63.2 Å². The van der Waals surface area contributed by atoms with Crippen LogP contribution in [0.5, 0.6) is 0 Å². The molecule has 3 N–H and O–H groups in total. The lowest BCUT2D eigenvalue weighted by Crippen LogP contribution is -2.26. The first-order chi connectivity index (χ1) is 9.16. The molecule has 3 nitrogen and oxygen atoms in total. The first-order valence-corrected chi connectivity index (χ1v) is 7.12. The highest BCUT2D eigenvalue weighted by Gasteiger charge is 2.07. The van der Waals surface area contributed by atoms with E-state index in [0.717, 1.165) is 26.8 Å². The largest absolute Gasteiger partial charge is 0.399 e. The second-order valence-corrected chi connectivity index (χ2v) is 5.39. The quantitative estimate of drug-likeness (QED) is 0.646. The Hall–Kier alpha value is -1.56. The van der Waals surface area contributed by atoms with Crippen LogP contribution in [0.1, 0.15) is 15.9 Å². The van der Waals surface area contributed by atoms with Crippen LogP contribution < -0.4 is 11.1 Å². The minimum Gasteiger partial charge on any atom is -0.399 e. The molecule has 0 spiro atoms. The van der Waals surface area contributed by atoms with E-state index in [1.54, 1.807) is 0 Å². The standard InChI is InChI=1S/C15H15IN2O/c16-14-4-2-1-3-13(14)15(19)18-10-9-11-5-7-12(17)8-6-11/h1-8H,9-10,17H2,(H,18,19). The summed E-state index contributed by atoms with van der Waals surface area (Å²) in [7, 11) is 0. The Bertz CT molecular complexity index is 567. The van der Waals surface area contributed by atoms with Gasteiger partial charge in [-0.1, -0.05) is 24.3 Å². The van der Waals surface area contributed by atoms with Crippen molar-refractivity contribution in [3.8, 4) is 0 Å². The molecule has 0 aliphatic carbocycles. The highest BCUT2D eigenvalue weighted by Crippen LogP contribution is 2.11. The van der Waals surface area contributed by atoms with Crippen molar-refractivity contribution in [3.63, 3.8) is 0 Å². The Labute approximate surface area is 126 Å². The van der Waals surface area contributed by atoms with Crippen molar-refractivity contribution in [1.82, 2.24) is 5.32 Å². The molecule has 0 heterocycles. The van der Waals surface area contributed by atoms with Gasteiger partial charge in [-0.25, -0.2) is 0 Å². The van der Waals surface area contributed by atoms with Gasteiger partial charge in [-0.3, -0.25) is 4.79 Å². The molecule has 0 aliphatic rings. The molecule has 0 aromatic heterocycles. The van der Waals surface area contributed by atoms with E-state index in [9.17, 15) is 4.79 Å². The van der Waals surface area contributed by atoms with Gasteiger partial charge in [0, 0.05) is 15.8 Å². The average Bonchev–Trinajstić information content (AvgIpc) is 2.41. The lowest BCUT2D eigenvalue weighted by molar-refractivity contribution is 0.0953. The lowest BCUT2D eigenvalue weighted by Gasteiger charge is -2.07. The number of nitrogens with one attached hydrogen (secondary N) is 1. The van der Waals surface area contributed by atoms with Crippen LogP contribution in [0.3, 0.4) is 0 Å². The Balaban J connectivity index is 1.88. The van der Waals surface area contributed by atoms with Crippen LogP contribution >= 0.6 is 22.6 Å². The SMILES string of the molecule is Nc1ccc(CCNC(=O)c2ccccc2I)cc1. The number of halogens is 1. The second-order valence-electron chi connectivity index (χ2n) is 4.23. The summed E-state index contributed by atoms with van der Waals surface area (Å²) in [5.74, 6) is -0.0274. The number of rotatable bonds is 4. The first kappa shape index (κ1) is 13.9. The number of carbonyl (C=O) groups is 1. The molecule has 0 aliphatic heterocycles. The van der Waals surface area contributed by atoms with Gasteiger partial charge in [0.2, 0.25) is 0 Å². The van der Waals surface area contributed by atoms with E-state index in [2.05, 4.69) is 27.9 Å². The third-order valence-corrected chi connectivity index (χ3v) is 3.74. The highest BCUT2D eigenvalue weighted by molar-refractivity contribution is 14.1. The Morgan fingerprint density at radius 1 is 1.11 bits per heavy atom. The van der Waals surface area contributed by atoms with E-state index < -0.39 is 0 Å². The van der Waals surface area contributed by atoms with E-state index in [-0.39, 0.29) is 5.91 Å². The molecule has 0 saturated heterocycles. The zero-order valence-corrected chi connectivity index (χ0v) is 12.6. The molecule has 2 aromatic rings. The normalized spacial score (nSPS) is 10.2. The van der Waals surface area contributed by atoms with E-state index >= 15 is 0 Å². The van der Waals surface area contributed by atoms with Crippen LogP contribution in [0.2, 0.25) is 0 Å². The fourth-order valence-electron chi connectivity index (χ4n) is 1.75. The van der Waals surface area contributed by atoms with Crippen molar-refractivity contribution in [2.45, 2.75) is 6.42 Å². The Morgan fingerprint density at radius 2 is 1.79 bits per heavy atom. The molecule has 0 atom stereocenters. The third kappa shape index (κ3) is 3.96. The summed E-state index contributed by atoms with van der Waals surface area (Å²) in [6, 6.07) is 15.3. The molecule has 4 heteroatoms. The van der Waals surface area contributed by atoms with Gasteiger partial charge in [-0.05, 0) is 58.8 Å². The third-order valence-electron chi connectivity index (χ3n) is 2.80. The van der Waals surface area contributed by atoms with Gasteiger partial charge in [-0.15, -0.1) is 0 Å². The van der Waals surface area contributed by atoms with Crippen molar-refractivity contribution in [2.75, 3.05) is 12.3 Å². The molecular weight excluding hydrogens is 351 g/mol. The number of benzene rings is 2. The van der Waals surface area contributed by atoms with Crippen molar-refractivity contribution < 1.29 is 4.79 Å². The van der Waals surface area contributed by atoms with Gasteiger partial charge >= 0.3 is 0 Å². The number of anilines is 1. The number of hydrogen-bond acceptors (Lipinski definition) is 2. The lowest BCUT2D eigenvalue weighted by atomic mass is 10.1. The molecule has 1 amide bonds. The van der Waals surface area contributed by atoms with Crippen LogP contribution in [0.4, 0.5) is 5.69 Å². The Kier molecular flexibility index (Phi) is 4.79. The second kappa shape index (κ2) is 6.56. The average molecular weight is 366 g/mol. The molecule has 0 bridgehead atoms. The van der Waals surface area contributed by atoms with Gasteiger partial charge in [-0.2, -0.15) is 0 Å². The molecule has 19 heavy (non-hydrogen) atoms. The van der Waals surface area contributed by atoms with Crippen LogP contribution in [0.25, 0.3) is 0 Å². The van der Waals surface area contributed by atoms with Gasteiger partial charge in [0.05, 0.1) is 5.56 Å². The zero-order valence-electron chi connectivity index (χ0n) is 10.4. The van der Waals surface area contributed by atoms with Crippen LogP contribution in [0, 0.1) is 3.57 Å². The van der Waals surface area contributed by atoms with Crippen molar-refractivity contribution in [1.29, 1.82) is 0 Å². The summed E-state index contributed by atoms with van der Waals surface area (Å²) in [5.41, 5.74) is 8.27. The summed E-state index contributed by atoms with van der Waals surface area (Å²) in [4.78, 5) is 12.0. The molecular formula is C15H15IN2O. The van der Waals surface area contributed by atoms with Gasteiger partial charge in [0.25, 0.3) is 5.91 Å². The Morgan fingerprint density at radius 3 is 2.47 bits per heavy atom. The van der Waals surface area contributed by atoms with Crippen molar-refractivity contribution in [2.24, 2.45) is 0 Å². The first-order valence-electron chi connectivity index (χ1n) is 6.04. The number of nitrogen functional groups attached to an aromatic ring is 1. The molecule has 0 radical (unpaired) electrons. The minimum atomic E-state index is -0.0274. The number of hydrogen-bond donors (Lipinski definition) is 2. The van der Waals surface area contributed by atoms with E-state index in [1.165, 1.54) is 0 Å². The number of nitrogens with two attached hydrogens (primary N) is 1. The van der Waals surface area contributed by atoms with Crippen LogP contribution in [0.15, 0.2) is 48.5 Å². The maximum absolute atomic E-state index is 12.0. The summed E-state index contributed by atoms with van der Waals surface area (Å²) in [5, 5.41) is 2.93. The maximum Gasteiger partial charge on any atom is 0.252 e. The fraction of sp³-hybridized carbons (Fsp3) is 0.133.